The van der Waals surface area contributed by atoms with Gasteiger partial charge >= 0.3 is 11.9 Å². The molecule has 0 unspecified atom stereocenters. The van der Waals surface area contributed by atoms with E-state index in [0.717, 1.165) is 18.8 Å². The van der Waals surface area contributed by atoms with E-state index in [1.54, 1.807) is 0 Å². The number of rotatable bonds is 3. The Balaban J connectivity index is 0.000000333. The van der Waals surface area contributed by atoms with Crippen LogP contribution in [0.3, 0.4) is 0 Å². The van der Waals surface area contributed by atoms with E-state index in [-0.39, 0.29) is 0 Å². The minimum atomic E-state index is -1.26. The summed E-state index contributed by atoms with van der Waals surface area (Å²) < 4.78 is 0. The second-order valence-electron chi connectivity index (χ2n) is 5.90. The molecule has 0 aromatic heterocycles. The third-order valence-corrected chi connectivity index (χ3v) is 4.64. The topological polar surface area (TPSA) is 81.1 Å². The number of aliphatic carboxylic acids is 2. The van der Waals surface area contributed by atoms with Crippen LogP contribution < -0.4 is 4.90 Å². The first-order valence-corrected chi connectivity index (χ1v) is 8.43. The Morgan fingerprint density at radius 1 is 1.04 bits per heavy atom. The van der Waals surface area contributed by atoms with E-state index in [0.29, 0.717) is 34.3 Å². The number of likely N-dealkylation sites (N-methyl/N-ethyl adjacent to an activating group) is 1. The van der Waals surface area contributed by atoms with Crippen LogP contribution in [0.15, 0.2) is 30.4 Å². The summed E-state index contributed by atoms with van der Waals surface area (Å²) in [7, 11) is 2.17. The highest BCUT2D eigenvalue weighted by Gasteiger charge is 2.26. The number of carbonyl (C=O) groups is 2. The van der Waals surface area contributed by atoms with E-state index in [2.05, 4.69) is 30.7 Å². The van der Waals surface area contributed by atoms with Crippen LogP contribution in [0.2, 0.25) is 10.0 Å². The Bertz CT molecular complexity index is 636. The molecule has 2 N–H and O–H groups in total. The van der Waals surface area contributed by atoms with E-state index in [1.165, 1.54) is 0 Å². The highest BCUT2D eigenvalue weighted by Crippen LogP contribution is 2.29. The standard InChI is InChI=1S/C13H18Cl2N2.C4H4O4/c1-9-8-17(10(2)7-16(9)3)11-4-5-12(14)13(15)6-11;5-3(6)1-2-4(7)8/h4-6,9-10H,7-8H2,1-3H3;1-2H,(H,5,6)(H,7,8)/b;2-1+/t9-,10+;/m1./s1. The van der Waals surface area contributed by atoms with Gasteiger partial charge in [0.15, 0.2) is 0 Å². The van der Waals surface area contributed by atoms with Gasteiger partial charge in [-0.2, -0.15) is 0 Å². The van der Waals surface area contributed by atoms with E-state index >= 15 is 0 Å². The van der Waals surface area contributed by atoms with Crippen molar-refractivity contribution in [3.63, 3.8) is 0 Å². The van der Waals surface area contributed by atoms with Crippen molar-refractivity contribution >= 4 is 40.8 Å². The average molecular weight is 389 g/mol. The Hall–Kier alpha value is -1.76. The van der Waals surface area contributed by atoms with Crippen molar-refractivity contribution < 1.29 is 19.8 Å². The number of benzene rings is 1. The van der Waals surface area contributed by atoms with Crippen LogP contribution >= 0.6 is 23.2 Å². The van der Waals surface area contributed by atoms with Gasteiger partial charge in [0.25, 0.3) is 0 Å². The SMILES string of the molecule is C[C@@H]1CN(c2ccc(Cl)c(Cl)c2)[C@@H](C)CN1C.O=C(O)/C=C/C(=O)O. The van der Waals surface area contributed by atoms with Gasteiger partial charge in [-0.1, -0.05) is 23.2 Å². The fraction of sp³-hybridized carbons (Fsp3) is 0.412. The average Bonchev–Trinajstić information content (AvgIpc) is 2.52. The molecule has 0 radical (unpaired) electrons. The first kappa shape index (κ1) is 21.3. The number of piperazine rings is 1. The number of carboxylic acids is 2. The van der Waals surface area contributed by atoms with Gasteiger partial charge in [-0.3, -0.25) is 4.90 Å². The lowest BCUT2D eigenvalue weighted by Crippen LogP contribution is -2.55. The summed E-state index contributed by atoms with van der Waals surface area (Å²) in [6.45, 7) is 6.58. The highest BCUT2D eigenvalue weighted by molar-refractivity contribution is 6.42. The third kappa shape index (κ3) is 6.94. The van der Waals surface area contributed by atoms with Crippen molar-refractivity contribution in [3.8, 4) is 0 Å². The molecule has 1 aromatic rings. The van der Waals surface area contributed by atoms with Crippen molar-refractivity contribution in [1.82, 2.24) is 4.90 Å². The van der Waals surface area contributed by atoms with E-state index in [1.807, 2.05) is 18.2 Å². The lowest BCUT2D eigenvalue weighted by Gasteiger charge is -2.43. The number of halogens is 2. The van der Waals surface area contributed by atoms with Crippen molar-refractivity contribution in [2.75, 3.05) is 25.0 Å². The fourth-order valence-electron chi connectivity index (χ4n) is 2.47. The minimum Gasteiger partial charge on any atom is -0.478 e. The monoisotopic (exact) mass is 388 g/mol. The molecule has 0 saturated carbocycles. The summed E-state index contributed by atoms with van der Waals surface area (Å²) in [5.74, 6) is -2.51. The Labute approximate surface area is 157 Å². The molecule has 0 amide bonds. The normalized spacial score (nSPS) is 20.9. The molecule has 0 spiro atoms. The summed E-state index contributed by atoms with van der Waals surface area (Å²) in [6, 6.07) is 6.92. The van der Waals surface area contributed by atoms with E-state index in [9.17, 15) is 9.59 Å². The summed E-state index contributed by atoms with van der Waals surface area (Å²) >= 11 is 12.0. The van der Waals surface area contributed by atoms with Crippen LogP contribution in [-0.2, 0) is 9.59 Å². The summed E-state index contributed by atoms with van der Waals surface area (Å²) in [5, 5.41) is 16.9. The van der Waals surface area contributed by atoms with Crippen molar-refractivity contribution in [3.05, 3.63) is 40.4 Å². The first-order chi connectivity index (χ1) is 11.6. The Kier molecular flexibility index (Phi) is 8.22. The lowest BCUT2D eigenvalue weighted by atomic mass is 10.1. The molecule has 0 bridgehead atoms. The smallest absolute Gasteiger partial charge is 0.328 e. The third-order valence-electron chi connectivity index (χ3n) is 3.90. The molecule has 2 rings (SSSR count). The molecular formula is C17H22Cl2N2O4. The molecule has 2 atom stereocenters. The molecule has 1 fully saturated rings. The number of carboxylic acid groups (broad SMARTS) is 2. The molecule has 1 aliphatic rings. The predicted molar refractivity (Wildman–Crippen MR) is 99.8 cm³/mol. The van der Waals surface area contributed by atoms with Gasteiger partial charge in [-0.15, -0.1) is 0 Å². The van der Waals surface area contributed by atoms with Crippen molar-refractivity contribution in [2.24, 2.45) is 0 Å². The minimum absolute atomic E-state index is 0.494. The summed E-state index contributed by atoms with van der Waals surface area (Å²) in [6.07, 6.45) is 1.12. The van der Waals surface area contributed by atoms with Crippen molar-refractivity contribution in [1.29, 1.82) is 0 Å². The molecule has 8 heteroatoms. The van der Waals surface area contributed by atoms with Crippen LogP contribution in [0.1, 0.15) is 13.8 Å². The quantitative estimate of drug-likeness (QED) is 0.773. The fourth-order valence-corrected chi connectivity index (χ4v) is 2.76. The largest absolute Gasteiger partial charge is 0.478 e. The molecule has 1 heterocycles. The second-order valence-corrected chi connectivity index (χ2v) is 6.71. The second kappa shape index (κ2) is 9.65. The zero-order valence-electron chi connectivity index (χ0n) is 14.3. The van der Waals surface area contributed by atoms with Gasteiger partial charge in [-0.25, -0.2) is 9.59 Å². The Morgan fingerprint density at radius 2 is 1.60 bits per heavy atom. The zero-order valence-corrected chi connectivity index (χ0v) is 15.8. The van der Waals surface area contributed by atoms with Gasteiger partial charge in [0.05, 0.1) is 10.0 Å². The maximum absolute atomic E-state index is 9.55. The van der Waals surface area contributed by atoms with E-state index in [4.69, 9.17) is 33.4 Å². The molecule has 25 heavy (non-hydrogen) atoms. The van der Waals surface area contributed by atoms with E-state index < -0.39 is 11.9 Å². The van der Waals surface area contributed by atoms with Gasteiger partial charge in [-0.05, 0) is 39.1 Å². The predicted octanol–water partition coefficient (Wildman–Crippen LogP) is 3.23. The summed E-state index contributed by atoms with van der Waals surface area (Å²) in [4.78, 5) is 23.9. The molecule has 1 saturated heterocycles. The number of hydrogen-bond donors (Lipinski definition) is 2. The van der Waals surface area contributed by atoms with Crippen LogP contribution in [0.4, 0.5) is 5.69 Å². The first-order valence-electron chi connectivity index (χ1n) is 7.67. The number of anilines is 1. The molecule has 0 aliphatic carbocycles. The zero-order chi connectivity index (χ0) is 19.1. The molecule has 6 nitrogen and oxygen atoms in total. The molecular weight excluding hydrogens is 367 g/mol. The van der Waals surface area contributed by atoms with Gasteiger partial charge in [0, 0.05) is 43.0 Å². The lowest BCUT2D eigenvalue weighted by molar-refractivity contribution is -0.134. The van der Waals surface area contributed by atoms with Gasteiger partial charge < -0.3 is 15.1 Å². The maximum atomic E-state index is 9.55. The number of nitrogens with zero attached hydrogens (tertiary/aromatic N) is 2. The Morgan fingerprint density at radius 3 is 2.08 bits per heavy atom. The molecule has 138 valence electrons. The van der Waals surface area contributed by atoms with Crippen LogP contribution in [-0.4, -0.2) is 59.3 Å². The van der Waals surface area contributed by atoms with Crippen LogP contribution in [0.25, 0.3) is 0 Å². The number of hydrogen-bond acceptors (Lipinski definition) is 4. The molecule has 1 aliphatic heterocycles. The van der Waals surface area contributed by atoms with Crippen LogP contribution in [0.5, 0.6) is 0 Å². The van der Waals surface area contributed by atoms with Crippen LogP contribution in [0, 0.1) is 0 Å². The summed E-state index contributed by atoms with van der Waals surface area (Å²) in [5.41, 5.74) is 1.16. The van der Waals surface area contributed by atoms with Crippen molar-refractivity contribution in [2.45, 2.75) is 25.9 Å². The maximum Gasteiger partial charge on any atom is 0.328 e. The highest BCUT2D eigenvalue weighted by atomic mass is 35.5. The van der Waals surface area contributed by atoms with Gasteiger partial charge in [0.1, 0.15) is 0 Å². The molecule has 1 aromatic carbocycles. The van der Waals surface area contributed by atoms with Gasteiger partial charge in [0.2, 0.25) is 0 Å².